The second kappa shape index (κ2) is 9.23. The number of aromatic nitrogens is 1. The van der Waals surface area contributed by atoms with Crippen molar-refractivity contribution in [3.05, 3.63) is 66.1 Å². The van der Waals surface area contributed by atoms with Gasteiger partial charge in [0.05, 0.1) is 5.76 Å². The molecule has 1 aromatic heterocycles. The Hall–Kier alpha value is -1.97. The fourth-order valence-electron chi connectivity index (χ4n) is 2.03. The molecule has 2 rings (SSSR count). The van der Waals surface area contributed by atoms with E-state index in [1.54, 1.807) is 18.2 Å². The number of para-hydroxylation sites is 1. The number of ether oxygens (including phenoxy) is 1. The van der Waals surface area contributed by atoms with Crippen LogP contribution in [-0.4, -0.2) is 15.9 Å². The Kier molecular flexibility index (Phi) is 7.66. The van der Waals surface area contributed by atoms with Gasteiger partial charge in [-0.05, 0) is 13.0 Å². The van der Waals surface area contributed by atoms with Crippen LogP contribution in [0.4, 0.5) is 0 Å². The van der Waals surface area contributed by atoms with Gasteiger partial charge in [-0.3, -0.25) is 4.79 Å². The molecule has 0 bridgehead atoms. The normalized spacial score (nSPS) is 12.2. The Labute approximate surface area is 149 Å². The monoisotopic (exact) mass is 489 g/mol. The number of pyridine rings is 1. The Balaban J connectivity index is 0.00000264. The summed E-state index contributed by atoms with van der Waals surface area (Å²) >= 11 is 0. The van der Waals surface area contributed by atoms with Gasteiger partial charge in [0.2, 0.25) is 5.88 Å². The van der Waals surface area contributed by atoms with E-state index < -0.39 is 0 Å². The number of allylic oxidation sites excluding steroid dienone is 2. The molecule has 0 aliphatic carbocycles. The zero-order valence-corrected chi connectivity index (χ0v) is 15.3. The van der Waals surface area contributed by atoms with Crippen molar-refractivity contribution in [3.63, 3.8) is 0 Å². The first-order chi connectivity index (χ1) is 10.5. The third-order valence-corrected chi connectivity index (χ3v) is 3.03. The first-order valence-electron chi connectivity index (χ1n) is 7.06. The van der Waals surface area contributed by atoms with Crippen molar-refractivity contribution in [2.45, 2.75) is 26.2 Å². The summed E-state index contributed by atoms with van der Waals surface area (Å²) in [5.74, 6) is 0.929. The van der Waals surface area contributed by atoms with E-state index >= 15 is 0 Å². The van der Waals surface area contributed by atoms with Crippen LogP contribution in [0, 0.1) is 6.07 Å². The molecule has 1 heterocycles. The molecule has 2 aromatic rings. The number of carbonyl (C=O) groups is 1. The van der Waals surface area contributed by atoms with Gasteiger partial charge in [-0.15, -0.1) is 12.1 Å². The Morgan fingerprint density at radius 2 is 2.13 bits per heavy atom. The Morgan fingerprint density at radius 1 is 1.35 bits per heavy atom. The van der Waals surface area contributed by atoms with E-state index in [1.165, 1.54) is 13.0 Å². The van der Waals surface area contributed by atoms with E-state index in [1.807, 2.05) is 31.2 Å². The maximum absolute atomic E-state index is 11.0. The molecule has 0 aliphatic rings. The topological polar surface area (TPSA) is 59.4 Å². The Bertz CT molecular complexity index is 671. The molecule has 4 nitrogen and oxygen atoms in total. The molecular formula is C18H18IrNO3-. The van der Waals surface area contributed by atoms with Crippen LogP contribution in [0.3, 0.4) is 0 Å². The van der Waals surface area contributed by atoms with Crippen LogP contribution >= 0.6 is 0 Å². The van der Waals surface area contributed by atoms with Crippen molar-refractivity contribution in [1.82, 2.24) is 4.98 Å². The minimum absolute atomic E-state index is 0. The van der Waals surface area contributed by atoms with Gasteiger partial charge >= 0.3 is 0 Å². The quantitative estimate of drug-likeness (QED) is 0.376. The number of rotatable bonds is 6. The molecule has 1 unspecified atom stereocenters. The molecule has 1 radical (unpaired) electrons. The molecule has 123 valence electrons. The van der Waals surface area contributed by atoms with Crippen molar-refractivity contribution in [3.8, 4) is 11.6 Å². The minimum Gasteiger partial charge on any atom is -0.512 e. The molecule has 5 heteroatoms. The maximum Gasteiger partial charge on any atom is 0.216 e. The zero-order valence-electron chi connectivity index (χ0n) is 12.9. The van der Waals surface area contributed by atoms with Gasteiger partial charge in [-0.2, -0.15) is 18.2 Å². The van der Waals surface area contributed by atoms with Crippen LogP contribution in [0.5, 0.6) is 11.6 Å². The van der Waals surface area contributed by atoms with Crippen molar-refractivity contribution >= 4 is 5.78 Å². The Morgan fingerprint density at radius 3 is 2.78 bits per heavy atom. The fourth-order valence-corrected chi connectivity index (χ4v) is 2.03. The number of aliphatic hydroxyl groups excluding tert-OH is 1. The standard InChI is InChI=1S/C18H18NO3.Ir/c1-13(11-15(21)12-14(2)20)17-9-6-10-18(19-17)22-16-7-4-3-5-8-16;/h3-7,9-10,12-13,21H,11H2,1-2H3;/q-1;/b15-12-;. The third kappa shape index (κ3) is 6.35. The van der Waals surface area contributed by atoms with E-state index in [0.29, 0.717) is 18.1 Å². The van der Waals surface area contributed by atoms with E-state index in [0.717, 1.165) is 5.69 Å². The number of hydrogen-bond donors (Lipinski definition) is 1. The molecule has 0 saturated heterocycles. The predicted molar refractivity (Wildman–Crippen MR) is 84.0 cm³/mol. The molecule has 0 amide bonds. The van der Waals surface area contributed by atoms with Gasteiger partial charge in [-0.1, -0.05) is 13.0 Å². The largest absolute Gasteiger partial charge is 0.512 e. The van der Waals surface area contributed by atoms with Gasteiger partial charge in [-0.25, -0.2) is 4.98 Å². The fraction of sp³-hybridized carbons (Fsp3) is 0.222. The van der Waals surface area contributed by atoms with E-state index in [9.17, 15) is 9.90 Å². The predicted octanol–water partition coefficient (Wildman–Crippen LogP) is 4.20. The number of ketones is 1. The SMILES string of the molecule is CC(=O)/C=C(\O)CC(C)c1cccc(Oc2[c-]cccc2)n1.[Ir]. The van der Waals surface area contributed by atoms with Crippen molar-refractivity contribution in [1.29, 1.82) is 0 Å². The molecule has 0 aliphatic heterocycles. The average molecular weight is 489 g/mol. The molecule has 0 saturated carbocycles. The van der Waals surface area contributed by atoms with Crippen LogP contribution in [0.25, 0.3) is 0 Å². The van der Waals surface area contributed by atoms with Gasteiger partial charge in [0.15, 0.2) is 5.78 Å². The molecule has 1 aromatic carbocycles. The summed E-state index contributed by atoms with van der Waals surface area (Å²) in [5, 5.41) is 9.73. The number of carbonyl (C=O) groups excluding carboxylic acids is 1. The van der Waals surface area contributed by atoms with Crippen LogP contribution in [0.15, 0.2) is 54.3 Å². The van der Waals surface area contributed by atoms with Gasteiger partial charge < -0.3 is 9.84 Å². The average Bonchev–Trinajstić information content (AvgIpc) is 2.47. The third-order valence-electron chi connectivity index (χ3n) is 3.03. The molecule has 23 heavy (non-hydrogen) atoms. The zero-order chi connectivity index (χ0) is 15.9. The van der Waals surface area contributed by atoms with Crippen LogP contribution in [0.2, 0.25) is 0 Å². The van der Waals surface area contributed by atoms with Crippen molar-refractivity contribution < 1.29 is 34.7 Å². The van der Waals surface area contributed by atoms with Gasteiger partial charge in [0.1, 0.15) is 0 Å². The number of benzene rings is 1. The first kappa shape index (κ1) is 19.1. The summed E-state index contributed by atoms with van der Waals surface area (Å²) in [4.78, 5) is 15.4. The summed E-state index contributed by atoms with van der Waals surface area (Å²) < 4.78 is 5.64. The van der Waals surface area contributed by atoms with Crippen LogP contribution in [-0.2, 0) is 24.9 Å². The van der Waals surface area contributed by atoms with Crippen LogP contribution in [0.1, 0.15) is 31.9 Å². The van der Waals surface area contributed by atoms with E-state index in [-0.39, 0.29) is 37.6 Å². The molecule has 1 atom stereocenters. The summed E-state index contributed by atoms with van der Waals surface area (Å²) in [7, 11) is 0. The number of hydrogen-bond acceptors (Lipinski definition) is 4. The summed E-state index contributed by atoms with van der Waals surface area (Å²) in [5.41, 5.74) is 0.789. The number of nitrogens with zero attached hydrogens (tertiary/aromatic N) is 1. The molecule has 0 fully saturated rings. The van der Waals surface area contributed by atoms with Gasteiger partial charge in [0, 0.05) is 56.0 Å². The molecule has 1 N–H and O–H groups in total. The summed E-state index contributed by atoms with van der Waals surface area (Å²) in [6, 6.07) is 15.8. The molecule has 0 spiro atoms. The summed E-state index contributed by atoms with van der Waals surface area (Å²) in [6.07, 6.45) is 1.59. The second-order valence-electron chi connectivity index (χ2n) is 5.08. The smallest absolute Gasteiger partial charge is 0.216 e. The van der Waals surface area contributed by atoms with Crippen molar-refractivity contribution in [2.24, 2.45) is 0 Å². The van der Waals surface area contributed by atoms with E-state index in [4.69, 9.17) is 4.74 Å². The number of aliphatic hydroxyl groups is 1. The summed E-state index contributed by atoms with van der Waals surface area (Å²) in [6.45, 7) is 3.34. The van der Waals surface area contributed by atoms with Crippen LogP contribution < -0.4 is 4.74 Å². The maximum atomic E-state index is 11.0. The second-order valence-corrected chi connectivity index (χ2v) is 5.08. The minimum atomic E-state index is -0.172. The van der Waals surface area contributed by atoms with E-state index in [2.05, 4.69) is 11.1 Å². The van der Waals surface area contributed by atoms with Gasteiger partial charge in [0.25, 0.3) is 0 Å². The van der Waals surface area contributed by atoms with Crippen molar-refractivity contribution in [2.75, 3.05) is 0 Å². The first-order valence-corrected chi connectivity index (χ1v) is 7.06. The molecular weight excluding hydrogens is 470 g/mol.